The van der Waals surface area contributed by atoms with Crippen LogP contribution in [0.5, 0.6) is 5.75 Å². The number of ether oxygens (including phenoxy) is 1. The van der Waals surface area contributed by atoms with Gasteiger partial charge in [-0.25, -0.2) is 8.42 Å². The van der Waals surface area contributed by atoms with Crippen LogP contribution in [0.4, 0.5) is 5.69 Å². The summed E-state index contributed by atoms with van der Waals surface area (Å²) in [6, 6.07) is 32.1. The Hall–Kier alpha value is -4.10. The number of aryl methyl sites for hydroxylation is 1. The molecule has 190 valence electrons. The zero-order chi connectivity index (χ0) is 26.1. The fraction of sp³-hybridized carbons (Fsp3) is 0.167. The highest BCUT2D eigenvalue weighted by Crippen LogP contribution is 2.29. The standard InChI is InChI=1S/C30H30N2O4S/c1-2-24-17-19-26(20-18-24)36-22-21-31-30(33)28-15-9-10-16-29(28)32(23-25-11-5-3-6-12-25)37(34,35)27-13-7-4-8-14-27/h3-20H,2,21-23H2,1H3,(H,31,33). The third kappa shape index (κ3) is 6.57. The van der Waals surface area contributed by atoms with Crippen molar-refractivity contribution >= 4 is 21.6 Å². The number of hydrogen-bond donors (Lipinski definition) is 1. The number of carbonyl (C=O) groups is 1. The molecule has 0 bridgehead atoms. The van der Waals surface area contributed by atoms with E-state index < -0.39 is 10.0 Å². The molecule has 0 saturated carbocycles. The summed E-state index contributed by atoms with van der Waals surface area (Å²) in [4.78, 5) is 13.3. The molecule has 0 aliphatic rings. The van der Waals surface area contributed by atoms with Crippen LogP contribution in [0.3, 0.4) is 0 Å². The van der Waals surface area contributed by atoms with Crippen molar-refractivity contribution in [2.24, 2.45) is 0 Å². The molecule has 4 rings (SSSR count). The van der Waals surface area contributed by atoms with Crippen LogP contribution in [0.25, 0.3) is 0 Å². The van der Waals surface area contributed by atoms with Crippen molar-refractivity contribution in [3.63, 3.8) is 0 Å². The number of anilines is 1. The van der Waals surface area contributed by atoms with Crippen LogP contribution in [0, 0.1) is 0 Å². The molecule has 0 atom stereocenters. The number of hydrogen-bond acceptors (Lipinski definition) is 4. The topological polar surface area (TPSA) is 75.7 Å². The Morgan fingerprint density at radius 1 is 0.784 bits per heavy atom. The average Bonchev–Trinajstić information content (AvgIpc) is 2.95. The van der Waals surface area contributed by atoms with Crippen LogP contribution in [0.2, 0.25) is 0 Å². The van der Waals surface area contributed by atoms with Crippen molar-refractivity contribution in [1.29, 1.82) is 0 Å². The van der Waals surface area contributed by atoms with Gasteiger partial charge in [-0.3, -0.25) is 9.10 Å². The first-order valence-corrected chi connectivity index (χ1v) is 13.6. The number of benzene rings is 4. The molecule has 0 saturated heterocycles. The molecular formula is C30H30N2O4S. The van der Waals surface area contributed by atoms with Crippen LogP contribution in [-0.4, -0.2) is 27.5 Å². The summed E-state index contributed by atoms with van der Waals surface area (Å²) >= 11 is 0. The number of nitrogens with zero attached hydrogens (tertiary/aromatic N) is 1. The van der Waals surface area contributed by atoms with Crippen molar-refractivity contribution in [3.05, 3.63) is 126 Å². The lowest BCUT2D eigenvalue weighted by molar-refractivity contribution is 0.0947. The maximum atomic E-state index is 13.7. The highest BCUT2D eigenvalue weighted by atomic mass is 32.2. The summed E-state index contributed by atoms with van der Waals surface area (Å²) in [5, 5.41) is 2.86. The minimum atomic E-state index is -3.95. The number of nitrogens with one attached hydrogen (secondary N) is 1. The van der Waals surface area contributed by atoms with Crippen LogP contribution < -0.4 is 14.4 Å². The minimum absolute atomic E-state index is 0.0826. The van der Waals surface area contributed by atoms with E-state index in [0.29, 0.717) is 5.69 Å². The van der Waals surface area contributed by atoms with E-state index in [2.05, 4.69) is 12.2 Å². The Morgan fingerprint density at radius 2 is 1.41 bits per heavy atom. The van der Waals surface area contributed by atoms with Gasteiger partial charge in [0.2, 0.25) is 0 Å². The molecule has 0 aliphatic carbocycles. The molecule has 6 nitrogen and oxygen atoms in total. The Morgan fingerprint density at radius 3 is 2.08 bits per heavy atom. The zero-order valence-corrected chi connectivity index (χ0v) is 21.5. The molecule has 0 aliphatic heterocycles. The lowest BCUT2D eigenvalue weighted by Gasteiger charge is -2.26. The summed E-state index contributed by atoms with van der Waals surface area (Å²) in [7, 11) is -3.95. The molecular weight excluding hydrogens is 484 g/mol. The second kappa shape index (κ2) is 12.2. The number of sulfonamides is 1. The van der Waals surface area contributed by atoms with Crippen molar-refractivity contribution < 1.29 is 17.9 Å². The molecule has 4 aromatic carbocycles. The van der Waals surface area contributed by atoms with Crippen LogP contribution in [-0.2, 0) is 23.0 Å². The Kier molecular flexibility index (Phi) is 8.59. The van der Waals surface area contributed by atoms with Crippen LogP contribution in [0.15, 0.2) is 114 Å². The van der Waals surface area contributed by atoms with E-state index in [1.165, 1.54) is 9.87 Å². The number of rotatable bonds is 11. The van der Waals surface area contributed by atoms with Gasteiger partial charge in [0, 0.05) is 0 Å². The monoisotopic (exact) mass is 514 g/mol. The first kappa shape index (κ1) is 26.0. The highest BCUT2D eigenvalue weighted by molar-refractivity contribution is 7.92. The molecule has 0 spiro atoms. The van der Waals surface area contributed by atoms with Gasteiger partial charge in [0.05, 0.1) is 29.2 Å². The summed E-state index contributed by atoms with van der Waals surface area (Å²) in [5.41, 5.74) is 2.61. The molecule has 7 heteroatoms. The Labute approximate surface area is 218 Å². The average molecular weight is 515 g/mol. The van der Waals surface area contributed by atoms with E-state index in [1.807, 2.05) is 54.6 Å². The third-order valence-electron chi connectivity index (χ3n) is 5.91. The summed E-state index contributed by atoms with van der Waals surface area (Å²) in [6.07, 6.45) is 0.955. The maximum Gasteiger partial charge on any atom is 0.264 e. The highest BCUT2D eigenvalue weighted by Gasteiger charge is 2.28. The smallest absolute Gasteiger partial charge is 0.264 e. The first-order valence-electron chi connectivity index (χ1n) is 12.2. The van der Waals surface area contributed by atoms with Gasteiger partial charge in [-0.15, -0.1) is 0 Å². The van der Waals surface area contributed by atoms with Gasteiger partial charge < -0.3 is 10.1 Å². The molecule has 1 amide bonds. The Bertz CT molecular complexity index is 1410. The SMILES string of the molecule is CCc1ccc(OCCNC(=O)c2ccccc2N(Cc2ccccc2)S(=O)(=O)c2ccccc2)cc1. The maximum absolute atomic E-state index is 13.7. The van der Waals surface area contributed by atoms with E-state index in [-0.39, 0.29) is 36.1 Å². The summed E-state index contributed by atoms with van der Waals surface area (Å²) < 4.78 is 34.5. The molecule has 0 fully saturated rings. The molecule has 0 radical (unpaired) electrons. The number of amides is 1. The molecule has 0 heterocycles. The van der Waals surface area contributed by atoms with Gasteiger partial charge in [0.25, 0.3) is 15.9 Å². The van der Waals surface area contributed by atoms with Gasteiger partial charge in [-0.1, -0.05) is 79.7 Å². The van der Waals surface area contributed by atoms with Crippen LogP contribution in [0.1, 0.15) is 28.4 Å². The normalized spacial score (nSPS) is 11.1. The van der Waals surface area contributed by atoms with Crippen molar-refractivity contribution in [1.82, 2.24) is 5.32 Å². The van der Waals surface area contributed by atoms with Crippen molar-refractivity contribution in [2.45, 2.75) is 24.8 Å². The van der Waals surface area contributed by atoms with Crippen molar-refractivity contribution in [3.8, 4) is 5.75 Å². The van der Waals surface area contributed by atoms with E-state index in [4.69, 9.17) is 4.74 Å². The fourth-order valence-electron chi connectivity index (χ4n) is 3.90. The van der Waals surface area contributed by atoms with E-state index in [9.17, 15) is 13.2 Å². The quantitative estimate of drug-likeness (QED) is 0.270. The van der Waals surface area contributed by atoms with Crippen LogP contribution >= 0.6 is 0 Å². The Balaban J connectivity index is 1.55. The second-order valence-corrected chi connectivity index (χ2v) is 10.3. The van der Waals surface area contributed by atoms with Crippen molar-refractivity contribution in [2.75, 3.05) is 17.5 Å². The van der Waals surface area contributed by atoms with E-state index >= 15 is 0 Å². The number of carbonyl (C=O) groups excluding carboxylic acids is 1. The van der Waals surface area contributed by atoms with Gasteiger partial charge >= 0.3 is 0 Å². The molecule has 0 aromatic heterocycles. The van der Waals surface area contributed by atoms with E-state index in [1.54, 1.807) is 54.6 Å². The third-order valence-corrected chi connectivity index (χ3v) is 7.68. The van der Waals surface area contributed by atoms with Gasteiger partial charge in [-0.05, 0) is 53.9 Å². The summed E-state index contributed by atoms with van der Waals surface area (Å²) in [5.74, 6) is 0.358. The molecule has 0 unspecified atom stereocenters. The van der Waals surface area contributed by atoms with Gasteiger partial charge in [-0.2, -0.15) is 0 Å². The van der Waals surface area contributed by atoms with Gasteiger partial charge in [0.15, 0.2) is 0 Å². The zero-order valence-electron chi connectivity index (χ0n) is 20.7. The van der Waals surface area contributed by atoms with E-state index in [0.717, 1.165) is 17.7 Å². The summed E-state index contributed by atoms with van der Waals surface area (Å²) in [6.45, 7) is 2.73. The number of para-hydroxylation sites is 1. The molecule has 37 heavy (non-hydrogen) atoms. The second-order valence-electron chi connectivity index (χ2n) is 8.43. The van der Waals surface area contributed by atoms with Gasteiger partial charge in [0.1, 0.15) is 12.4 Å². The fourth-order valence-corrected chi connectivity index (χ4v) is 5.39. The predicted molar refractivity (Wildman–Crippen MR) is 146 cm³/mol. The predicted octanol–water partition coefficient (Wildman–Crippen LogP) is 5.45. The lowest BCUT2D eigenvalue weighted by Crippen LogP contribution is -2.34. The lowest BCUT2D eigenvalue weighted by atomic mass is 10.1. The minimum Gasteiger partial charge on any atom is -0.492 e. The largest absolute Gasteiger partial charge is 0.492 e. The molecule has 4 aromatic rings. The first-order chi connectivity index (χ1) is 18.0. The molecule has 1 N–H and O–H groups in total.